The molecule has 0 saturated heterocycles. The molecule has 0 aliphatic rings. The van der Waals surface area contributed by atoms with Crippen LogP contribution in [0.2, 0.25) is 0 Å². The predicted octanol–water partition coefficient (Wildman–Crippen LogP) is 2.91. The zero-order valence-corrected chi connectivity index (χ0v) is 7.63. The summed E-state index contributed by atoms with van der Waals surface area (Å²) in [4.78, 5) is 0. The minimum atomic E-state index is 0.0226. The van der Waals surface area contributed by atoms with Crippen LogP contribution in [0.4, 0.5) is 0 Å². The van der Waals surface area contributed by atoms with Gasteiger partial charge in [0.05, 0.1) is 0 Å². The van der Waals surface area contributed by atoms with E-state index in [1.54, 1.807) is 0 Å². The first-order valence-corrected chi connectivity index (χ1v) is 3.62. The molecule has 0 amide bonds. The Bertz CT molecular complexity index is 106. The molecule has 0 rings (SSSR count). The Labute approximate surface area is 63.8 Å². The second-order valence-corrected chi connectivity index (χ2v) is 4.60. The van der Waals surface area contributed by atoms with Gasteiger partial charge in [-0.1, -0.05) is 33.8 Å². The largest absolute Gasteiger partial charge is 0.172 e. The number of allylic oxidation sites excluding steroid dienone is 1. The third kappa shape index (κ3) is 2.05. The fourth-order valence-electron chi connectivity index (χ4n) is 0.250. The molecule has 0 fully saturated rings. The number of rotatable bonds is 2. The molecular formula is C8H16S. The fourth-order valence-corrected chi connectivity index (χ4v) is 0.341. The second kappa shape index (κ2) is 2.37. The lowest BCUT2D eigenvalue weighted by Crippen LogP contribution is -2.31. The summed E-state index contributed by atoms with van der Waals surface area (Å²) in [5.41, 5.74) is 0.107. The smallest absolute Gasteiger partial charge is 0.0158 e. The van der Waals surface area contributed by atoms with Crippen molar-refractivity contribution < 1.29 is 0 Å². The average Bonchev–Trinajstić information content (AvgIpc) is 1.64. The quantitative estimate of drug-likeness (QED) is 0.447. The molecule has 0 saturated carbocycles. The van der Waals surface area contributed by atoms with Gasteiger partial charge in [-0.05, 0) is 5.41 Å². The first-order valence-electron chi connectivity index (χ1n) is 3.17. The highest BCUT2D eigenvalue weighted by Crippen LogP contribution is 2.36. The summed E-state index contributed by atoms with van der Waals surface area (Å²) in [5, 5.41) is 0. The molecule has 0 radical (unpaired) electrons. The van der Waals surface area contributed by atoms with Gasteiger partial charge in [-0.3, -0.25) is 0 Å². The van der Waals surface area contributed by atoms with Crippen molar-refractivity contribution in [3.05, 3.63) is 12.7 Å². The molecule has 0 heterocycles. The number of hydrogen-bond acceptors (Lipinski definition) is 1. The summed E-state index contributed by atoms with van der Waals surface area (Å²) in [5.74, 6) is 0. The van der Waals surface area contributed by atoms with E-state index in [2.05, 4.69) is 46.9 Å². The topological polar surface area (TPSA) is 0 Å². The van der Waals surface area contributed by atoms with Gasteiger partial charge in [0, 0.05) is 4.75 Å². The van der Waals surface area contributed by atoms with Crippen LogP contribution in [-0.4, -0.2) is 4.75 Å². The van der Waals surface area contributed by atoms with Gasteiger partial charge in [0.2, 0.25) is 0 Å². The Morgan fingerprint density at radius 1 is 1.22 bits per heavy atom. The van der Waals surface area contributed by atoms with E-state index in [0.717, 1.165) is 0 Å². The van der Waals surface area contributed by atoms with Crippen molar-refractivity contribution in [1.82, 2.24) is 0 Å². The number of thiol groups is 1. The maximum Gasteiger partial charge on any atom is 0.0158 e. The average molecular weight is 144 g/mol. The summed E-state index contributed by atoms with van der Waals surface area (Å²) >= 11 is 4.44. The van der Waals surface area contributed by atoms with Crippen molar-refractivity contribution in [2.75, 3.05) is 0 Å². The van der Waals surface area contributed by atoms with Crippen LogP contribution in [0.25, 0.3) is 0 Å². The molecule has 0 aliphatic heterocycles. The van der Waals surface area contributed by atoms with E-state index in [-0.39, 0.29) is 10.2 Å². The fraction of sp³-hybridized carbons (Fsp3) is 0.750. The first-order chi connectivity index (χ1) is 3.81. The molecule has 9 heavy (non-hydrogen) atoms. The molecule has 54 valence electrons. The molecular weight excluding hydrogens is 128 g/mol. The molecule has 0 aromatic carbocycles. The third-order valence-corrected chi connectivity index (χ3v) is 2.66. The molecule has 1 heteroatoms. The van der Waals surface area contributed by atoms with Crippen LogP contribution in [0.15, 0.2) is 12.7 Å². The van der Waals surface area contributed by atoms with Crippen molar-refractivity contribution in [2.45, 2.75) is 32.4 Å². The maximum absolute atomic E-state index is 4.44. The minimum absolute atomic E-state index is 0.0226. The van der Waals surface area contributed by atoms with Crippen LogP contribution in [0.1, 0.15) is 27.7 Å². The highest BCUT2D eigenvalue weighted by molar-refractivity contribution is 7.81. The SMILES string of the molecule is C=CC(C)(C)C(C)(C)S. The summed E-state index contributed by atoms with van der Waals surface area (Å²) in [6.07, 6.45) is 1.94. The Morgan fingerprint density at radius 3 is 1.56 bits per heavy atom. The monoisotopic (exact) mass is 144 g/mol. The highest BCUT2D eigenvalue weighted by Gasteiger charge is 2.30. The Kier molecular flexibility index (Phi) is 2.40. The lowest BCUT2D eigenvalue weighted by atomic mass is 9.81. The molecule has 0 N–H and O–H groups in total. The van der Waals surface area contributed by atoms with E-state index >= 15 is 0 Å². The van der Waals surface area contributed by atoms with Crippen molar-refractivity contribution in [3.63, 3.8) is 0 Å². The highest BCUT2D eigenvalue weighted by atomic mass is 32.1. The van der Waals surface area contributed by atoms with Gasteiger partial charge in [-0.2, -0.15) is 12.6 Å². The Balaban J connectivity index is 4.32. The predicted molar refractivity (Wildman–Crippen MR) is 47.0 cm³/mol. The van der Waals surface area contributed by atoms with E-state index < -0.39 is 0 Å². The van der Waals surface area contributed by atoms with Crippen LogP contribution >= 0.6 is 12.6 Å². The van der Waals surface area contributed by atoms with Gasteiger partial charge in [0.1, 0.15) is 0 Å². The van der Waals surface area contributed by atoms with Crippen molar-refractivity contribution >= 4 is 12.6 Å². The third-order valence-electron chi connectivity index (χ3n) is 2.09. The van der Waals surface area contributed by atoms with Gasteiger partial charge in [0.15, 0.2) is 0 Å². The van der Waals surface area contributed by atoms with Gasteiger partial charge in [-0.25, -0.2) is 0 Å². The lowest BCUT2D eigenvalue weighted by molar-refractivity contribution is 0.376. The lowest BCUT2D eigenvalue weighted by Gasteiger charge is -2.34. The van der Waals surface area contributed by atoms with Crippen LogP contribution in [0.5, 0.6) is 0 Å². The molecule has 0 unspecified atom stereocenters. The summed E-state index contributed by atoms with van der Waals surface area (Å²) in [6, 6.07) is 0. The second-order valence-electron chi connectivity index (χ2n) is 3.48. The summed E-state index contributed by atoms with van der Waals surface area (Å²) < 4.78 is 0.0226. The van der Waals surface area contributed by atoms with Crippen LogP contribution in [0.3, 0.4) is 0 Å². The number of hydrogen-bond donors (Lipinski definition) is 1. The molecule has 0 aromatic rings. The van der Waals surface area contributed by atoms with Crippen molar-refractivity contribution in [2.24, 2.45) is 5.41 Å². The van der Waals surface area contributed by atoms with Gasteiger partial charge >= 0.3 is 0 Å². The van der Waals surface area contributed by atoms with E-state index in [1.807, 2.05) is 6.08 Å². The van der Waals surface area contributed by atoms with Gasteiger partial charge in [-0.15, -0.1) is 6.58 Å². The normalized spacial score (nSPS) is 13.4. The zero-order valence-electron chi connectivity index (χ0n) is 6.73. The van der Waals surface area contributed by atoms with E-state index in [4.69, 9.17) is 0 Å². The van der Waals surface area contributed by atoms with Gasteiger partial charge in [0.25, 0.3) is 0 Å². The molecule has 0 bridgehead atoms. The minimum Gasteiger partial charge on any atom is -0.172 e. The zero-order chi connectivity index (χ0) is 7.71. The molecule has 0 aromatic heterocycles. The van der Waals surface area contributed by atoms with Gasteiger partial charge < -0.3 is 0 Å². The molecule has 0 spiro atoms. The molecule has 0 aliphatic carbocycles. The van der Waals surface area contributed by atoms with E-state index in [0.29, 0.717) is 0 Å². The molecule has 0 atom stereocenters. The van der Waals surface area contributed by atoms with Crippen molar-refractivity contribution in [3.8, 4) is 0 Å². The van der Waals surface area contributed by atoms with E-state index in [9.17, 15) is 0 Å². The first kappa shape index (κ1) is 9.09. The Hall–Kier alpha value is 0.0900. The van der Waals surface area contributed by atoms with E-state index in [1.165, 1.54) is 0 Å². The standard InChI is InChI=1S/C8H16S/c1-6-7(2,3)8(4,5)9/h6,9H,1H2,2-5H3. The van der Waals surface area contributed by atoms with Crippen molar-refractivity contribution in [1.29, 1.82) is 0 Å². The summed E-state index contributed by atoms with van der Waals surface area (Å²) in [7, 11) is 0. The van der Waals surface area contributed by atoms with Crippen LogP contribution in [0, 0.1) is 5.41 Å². The van der Waals surface area contributed by atoms with Crippen LogP contribution < -0.4 is 0 Å². The van der Waals surface area contributed by atoms with Crippen LogP contribution in [-0.2, 0) is 0 Å². The maximum atomic E-state index is 4.44. The summed E-state index contributed by atoms with van der Waals surface area (Å²) in [6.45, 7) is 12.2. The molecule has 0 nitrogen and oxygen atoms in total. The Morgan fingerprint density at radius 2 is 1.56 bits per heavy atom.